The lowest BCUT2D eigenvalue weighted by molar-refractivity contribution is -0.145. The lowest BCUT2D eigenvalue weighted by atomic mass is 9.99. The molecule has 5 heteroatoms. The van der Waals surface area contributed by atoms with Crippen LogP contribution >= 0.6 is 0 Å². The van der Waals surface area contributed by atoms with Crippen LogP contribution in [0.25, 0.3) is 0 Å². The van der Waals surface area contributed by atoms with Gasteiger partial charge in [0, 0.05) is 6.54 Å². The number of carboxylic acid groups (broad SMARTS) is 1. The largest absolute Gasteiger partial charge is 0.481 e. The van der Waals surface area contributed by atoms with Crippen LogP contribution in [0.15, 0.2) is 18.2 Å². The Kier molecular flexibility index (Phi) is 4.96. The van der Waals surface area contributed by atoms with E-state index in [0.717, 1.165) is 16.7 Å². The molecule has 0 bridgehead atoms. The Hall–Kier alpha value is -1.88. The highest BCUT2D eigenvalue weighted by Gasteiger charge is 2.29. The SMILES string of the molecule is Cc1cccc(C)c1CC(=O)N1CCOCC1CC(=O)O. The first-order valence-corrected chi connectivity index (χ1v) is 7.13. The number of nitrogens with zero attached hydrogens (tertiary/aromatic N) is 1. The fourth-order valence-corrected chi connectivity index (χ4v) is 2.73. The number of amides is 1. The van der Waals surface area contributed by atoms with Crippen molar-refractivity contribution in [2.45, 2.75) is 32.7 Å². The number of hydrogen-bond donors (Lipinski definition) is 1. The number of carbonyl (C=O) groups is 2. The van der Waals surface area contributed by atoms with Crippen molar-refractivity contribution in [2.24, 2.45) is 0 Å². The highest BCUT2D eigenvalue weighted by atomic mass is 16.5. The summed E-state index contributed by atoms with van der Waals surface area (Å²) in [6.45, 7) is 5.20. The summed E-state index contributed by atoms with van der Waals surface area (Å²) >= 11 is 0. The number of ether oxygens (including phenoxy) is 1. The zero-order chi connectivity index (χ0) is 15.4. The molecule has 21 heavy (non-hydrogen) atoms. The van der Waals surface area contributed by atoms with Gasteiger partial charge in [0.05, 0.1) is 32.1 Å². The highest BCUT2D eigenvalue weighted by molar-refractivity contribution is 5.80. The first kappa shape index (κ1) is 15.5. The van der Waals surface area contributed by atoms with Crippen LogP contribution in [0.4, 0.5) is 0 Å². The van der Waals surface area contributed by atoms with E-state index in [4.69, 9.17) is 9.84 Å². The topological polar surface area (TPSA) is 66.8 Å². The van der Waals surface area contributed by atoms with E-state index in [-0.39, 0.29) is 18.4 Å². The van der Waals surface area contributed by atoms with E-state index < -0.39 is 5.97 Å². The quantitative estimate of drug-likeness (QED) is 0.914. The third kappa shape index (κ3) is 3.82. The normalized spacial score (nSPS) is 18.6. The van der Waals surface area contributed by atoms with Crippen LogP contribution in [0.1, 0.15) is 23.1 Å². The first-order valence-electron chi connectivity index (χ1n) is 7.13. The second-order valence-corrected chi connectivity index (χ2v) is 5.46. The molecule has 1 atom stereocenters. The smallest absolute Gasteiger partial charge is 0.305 e. The van der Waals surface area contributed by atoms with Gasteiger partial charge in [0.25, 0.3) is 0 Å². The lowest BCUT2D eigenvalue weighted by Crippen LogP contribution is -2.50. The number of hydrogen-bond acceptors (Lipinski definition) is 3. The molecular weight excluding hydrogens is 270 g/mol. The molecule has 1 aromatic carbocycles. The summed E-state index contributed by atoms with van der Waals surface area (Å²) in [4.78, 5) is 25.1. The molecule has 1 N–H and O–H groups in total. The van der Waals surface area contributed by atoms with Gasteiger partial charge >= 0.3 is 5.97 Å². The van der Waals surface area contributed by atoms with Gasteiger partial charge in [0.2, 0.25) is 5.91 Å². The molecule has 1 aromatic rings. The molecule has 1 saturated heterocycles. The minimum absolute atomic E-state index is 0.0260. The molecule has 5 nitrogen and oxygen atoms in total. The van der Waals surface area contributed by atoms with Crippen LogP contribution in [0.3, 0.4) is 0 Å². The number of carbonyl (C=O) groups excluding carboxylic acids is 1. The molecule has 0 aromatic heterocycles. The van der Waals surface area contributed by atoms with E-state index in [1.165, 1.54) is 0 Å². The second kappa shape index (κ2) is 6.72. The number of morpholine rings is 1. The van der Waals surface area contributed by atoms with Gasteiger partial charge in [0.15, 0.2) is 0 Å². The molecule has 1 unspecified atom stereocenters. The minimum atomic E-state index is -0.907. The van der Waals surface area contributed by atoms with E-state index in [2.05, 4.69) is 0 Å². The average Bonchev–Trinajstić information content (AvgIpc) is 2.43. The van der Waals surface area contributed by atoms with Crippen LogP contribution in [-0.2, 0) is 20.7 Å². The maximum Gasteiger partial charge on any atom is 0.305 e. The summed E-state index contributed by atoms with van der Waals surface area (Å²) in [7, 11) is 0. The van der Waals surface area contributed by atoms with Crippen molar-refractivity contribution in [1.29, 1.82) is 0 Å². The number of rotatable bonds is 4. The molecule has 0 aliphatic carbocycles. The molecule has 0 radical (unpaired) electrons. The van der Waals surface area contributed by atoms with Gasteiger partial charge in [0.1, 0.15) is 0 Å². The van der Waals surface area contributed by atoms with E-state index in [1.807, 2.05) is 32.0 Å². The minimum Gasteiger partial charge on any atom is -0.481 e. The molecule has 0 saturated carbocycles. The van der Waals surface area contributed by atoms with Gasteiger partial charge < -0.3 is 14.7 Å². The Labute approximate surface area is 124 Å². The molecule has 1 fully saturated rings. The average molecular weight is 291 g/mol. The summed E-state index contributed by atoms with van der Waals surface area (Å²) in [6.07, 6.45) is 0.243. The summed E-state index contributed by atoms with van der Waals surface area (Å²) in [5.74, 6) is -0.933. The lowest BCUT2D eigenvalue weighted by Gasteiger charge is -2.35. The number of benzene rings is 1. The number of aliphatic carboxylic acids is 1. The molecule has 1 amide bonds. The third-order valence-electron chi connectivity index (χ3n) is 3.93. The molecule has 0 spiro atoms. The molecule has 114 valence electrons. The molecule has 1 heterocycles. The molecule has 1 aliphatic heterocycles. The van der Waals surface area contributed by atoms with Crippen molar-refractivity contribution in [2.75, 3.05) is 19.8 Å². The summed E-state index contributed by atoms with van der Waals surface area (Å²) in [5.41, 5.74) is 3.21. The second-order valence-electron chi connectivity index (χ2n) is 5.46. The van der Waals surface area contributed by atoms with E-state index in [1.54, 1.807) is 4.90 Å². The van der Waals surface area contributed by atoms with Gasteiger partial charge in [-0.05, 0) is 30.5 Å². The zero-order valence-corrected chi connectivity index (χ0v) is 12.5. The van der Waals surface area contributed by atoms with Gasteiger partial charge in [-0.15, -0.1) is 0 Å². The fraction of sp³-hybridized carbons (Fsp3) is 0.500. The summed E-state index contributed by atoms with van der Waals surface area (Å²) < 4.78 is 5.30. The predicted molar refractivity (Wildman–Crippen MR) is 78.2 cm³/mol. The van der Waals surface area contributed by atoms with Gasteiger partial charge in [-0.1, -0.05) is 18.2 Å². The monoisotopic (exact) mass is 291 g/mol. The van der Waals surface area contributed by atoms with Crippen LogP contribution in [0.2, 0.25) is 0 Å². The van der Waals surface area contributed by atoms with Crippen molar-refractivity contribution in [3.05, 3.63) is 34.9 Å². The maximum absolute atomic E-state index is 12.5. The van der Waals surface area contributed by atoms with Crippen molar-refractivity contribution >= 4 is 11.9 Å². The standard InChI is InChI=1S/C16H21NO4/c1-11-4-3-5-12(2)14(11)9-15(18)17-6-7-21-10-13(17)8-16(19)20/h3-5,13H,6-10H2,1-2H3,(H,19,20). The predicted octanol–water partition coefficient (Wildman–Crippen LogP) is 1.55. The van der Waals surface area contributed by atoms with E-state index >= 15 is 0 Å². The number of aryl methyl sites for hydroxylation is 2. The Bertz CT molecular complexity index is 521. The maximum atomic E-state index is 12.5. The van der Waals surface area contributed by atoms with Gasteiger partial charge in [-0.25, -0.2) is 0 Å². The Morgan fingerprint density at radius 2 is 2.00 bits per heavy atom. The fourth-order valence-electron chi connectivity index (χ4n) is 2.73. The molecule has 2 rings (SSSR count). The Morgan fingerprint density at radius 1 is 1.33 bits per heavy atom. The van der Waals surface area contributed by atoms with E-state index in [0.29, 0.717) is 26.2 Å². The van der Waals surface area contributed by atoms with Crippen molar-refractivity contribution in [3.8, 4) is 0 Å². The Morgan fingerprint density at radius 3 is 2.62 bits per heavy atom. The van der Waals surface area contributed by atoms with Crippen LogP contribution in [0, 0.1) is 13.8 Å². The van der Waals surface area contributed by atoms with Gasteiger partial charge in [-0.3, -0.25) is 9.59 Å². The molecular formula is C16H21NO4. The van der Waals surface area contributed by atoms with Crippen LogP contribution in [-0.4, -0.2) is 47.7 Å². The summed E-state index contributed by atoms with van der Waals surface area (Å²) in [5, 5.41) is 8.95. The Balaban J connectivity index is 2.12. The highest BCUT2D eigenvalue weighted by Crippen LogP contribution is 2.18. The van der Waals surface area contributed by atoms with Crippen LogP contribution < -0.4 is 0 Å². The van der Waals surface area contributed by atoms with E-state index in [9.17, 15) is 9.59 Å². The van der Waals surface area contributed by atoms with Crippen molar-refractivity contribution in [3.63, 3.8) is 0 Å². The summed E-state index contributed by atoms with van der Waals surface area (Å²) in [6, 6.07) is 5.58. The van der Waals surface area contributed by atoms with Gasteiger partial charge in [-0.2, -0.15) is 0 Å². The zero-order valence-electron chi connectivity index (χ0n) is 12.5. The number of carboxylic acids is 1. The third-order valence-corrected chi connectivity index (χ3v) is 3.93. The van der Waals surface area contributed by atoms with Crippen molar-refractivity contribution in [1.82, 2.24) is 4.90 Å². The van der Waals surface area contributed by atoms with Crippen LogP contribution in [0.5, 0.6) is 0 Å². The molecule has 1 aliphatic rings. The van der Waals surface area contributed by atoms with Crippen molar-refractivity contribution < 1.29 is 19.4 Å². The first-order chi connectivity index (χ1) is 9.99.